The maximum Gasteiger partial charge on any atom is 0.126 e. The maximum atomic E-state index is 4.58. The predicted octanol–water partition coefficient (Wildman–Crippen LogP) is 3.19. The van der Waals surface area contributed by atoms with Gasteiger partial charge in [-0.05, 0) is 36.9 Å². The van der Waals surface area contributed by atoms with Crippen LogP contribution in [0.5, 0.6) is 0 Å². The third-order valence-electron chi connectivity index (χ3n) is 4.38. The lowest BCUT2D eigenvalue weighted by molar-refractivity contribution is 0.387. The largest absolute Gasteiger partial charge is 0.337 e. The van der Waals surface area contributed by atoms with Crippen molar-refractivity contribution in [2.75, 3.05) is 6.54 Å². The van der Waals surface area contributed by atoms with Gasteiger partial charge >= 0.3 is 0 Å². The van der Waals surface area contributed by atoms with E-state index in [0.717, 1.165) is 12.4 Å². The zero-order valence-electron chi connectivity index (χ0n) is 12.3. The Hall–Kier alpha value is -1.61. The van der Waals surface area contributed by atoms with Gasteiger partial charge in [-0.15, -0.1) is 0 Å². The van der Waals surface area contributed by atoms with Crippen molar-refractivity contribution in [2.45, 2.75) is 38.1 Å². The highest BCUT2D eigenvalue weighted by molar-refractivity contribution is 5.34. The van der Waals surface area contributed by atoms with Crippen molar-refractivity contribution < 1.29 is 0 Å². The van der Waals surface area contributed by atoms with Gasteiger partial charge in [-0.3, -0.25) is 0 Å². The topological polar surface area (TPSA) is 29.9 Å². The quantitative estimate of drug-likeness (QED) is 0.924. The standard InChI is InChI=1S/C17H23N3/c1-3-18-16(17-19-11-12-20(17)2)15-10-6-8-13-7-4-5-9-14(13)15/h4-5,7,9,11-12,15-16,18H,3,6,8,10H2,1-2H3. The molecule has 0 saturated carbocycles. The molecule has 0 fully saturated rings. The normalized spacial score (nSPS) is 19.6. The maximum absolute atomic E-state index is 4.58. The van der Waals surface area contributed by atoms with Crippen LogP contribution in [0, 0.1) is 0 Å². The summed E-state index contributed by atoms with van der Waals surface area (Å²) >= 11 is 0. The number of imidazole rings is 1. The van der Waals surface area contributed by atoms with Crippen LogP contribution in [0.2, 0.25) is 0 Å². The van der Waals surface area contributed by atoms with Crippen molar-refractivity contribution in [1.82, 2.24) is 14.9 Å². The first-order chi connectivity index (χ1) is 9.81. The van der Waals surface area contributed by atoms with Crippen LogP contribution in [0.1, 0.15) is 48.7 Å². The summed E-state index contributed by atoms with van der Waals surface area (Å²) in [5, 5.41) is 3.65. The minimum absolute atomic E-state index is 0.307. The van der Waals surface area contributed by atoms with Gasteiger partial charge in [0.15, 0.2) is 0 Å². The second-order valence-corrected chi connectivity index (χ2v) is 5.63. The van der Waals surface area contributed by atoms with Crippen LogP contribution in [0.25, 0.3) is 0 Å². The fourth-order valence-corrected chi connectivity index (χ4v) is 3.45. The average molecular weight is 269 g/mol. The summed E-state index contributed by atoms with van der Waals surface area (Å²) in [5.41, 5.74) is 3.02. The predicted molar refractivity (Wildman–Crippen MR) is 81.7 cm³/mol. The van der Waals surface area contributed by atoms with Crippen molar-refractivity contribution in [3.63, 3.8) is 0 Å². The zero-order chi connectivity index (χ0) is 13.9. The minimum atomic E-state index is 0.307. The second-order valence-electron chi connectivity index (χ2n) is 5.63. The minimum Gasteiger partial charge on any atom is -0.337 e. The molecule has 0 bridgehead atoms. The van der Waals surface area contributed by atoms with Gasteiger partial charge in [0.2, 0.25) is 0 Å². The second kappa shape index (κ2) is 5.80. The molecule has 1 N–H and O–H groups in total. The van der Waals surface area contributed by atoms with Gasteiger partial charge in [0.1, 0.15) is 5.82 Å². The van der Waals surface area contributed by atoms with Gasteiger partial charge < -0.3 is 9.88 Å². The van der Waals surface area contributed by atoms with Gasteiger partial charge in [0.25, 0.3) is 0 Å². The molecule has 20 heavy (non-hydrogen) atoms. The van der Waals surface area contributed by atoms with Crippen LogP contribution >= 0.6 is 0 Å². The summed E-state index contributed by atoms with van der Waals surface area (Å²) in [4.78, 5) is 4.58. The van der Waals surface area contributed by atoms with E-state index in [2.05, 4.69) is 53.1 Å². The Morgan fingerprint density at radius 3 is 3.00 bits per heavy atom. The van der Waals surface area contributed by atoms with Gasteiger partial charge in [0.05, 0.1) is 6.04 Å². The molecule has 0 radical (unpaired) electrons. The molecule has 0 aliphatic heterocycles. The van der Waals surface area contributed by atoms with E-state index in [9.17, 15) is 0 Å². The molecule has 3 heteroatoms. The van der Waals surface area contributed by atoms with Crippen LogP contribution < -0.4 is 5.32 Å². The Morgan fingerprint density at radius 1 is 1.40 bits per heavy atom. The van der Waals surface area contributed by atoms with Crippen LogP contribution in [0.15, 0.2) is 36.7 Å². The molecule has 2 unspecified atom stereocenters. The van der Waals surface area contributed by atoms with E-state index in [-0.39, 0.29) is 0 Å². The molecule has 0 spiro atoms. The van der Waals surface area contributed by atoms with Gasteiger partial charge in [-0.25, -0.2) is 4.98 Å². The highest BCUT2D eigenvalue weighted by atomic mass is 15.1. The molecule has 1 aliphatic rings. The SMILES string of the molecule is CCNC(c1nccn1C)C1CCCc2ccccc21. The molecular formula is C17H23N3. The Bertz CT molecular complexity index is 573. The van der Waals surface area contributed by atoms with E-state index < -0.39 is 0 Å². The van der Waals surface area contributed by atoms with Crippen molar-refractivity contribution >= 4 is 0 Å². The molecule has 1 aliphatic carbocycles. The highest BCUT2D eigenvalue weighted by Crippen LogP contribution is 2.39. The smallest absolute Gasteiger partial charge is 0.126 e. The van der Waals surface area contributed by atoms with E-state index in [1.807, 2.05) is 12.4 Å². The van der Waals surface area contributed by atoms with Gasteiger partial charge in [-0.2, -0.15) is 0 Å². The van der Waals surface area contributed by atoms with E-state index >= 15 is 0 Å². The Balaban J connectivity index is 1.99. The first-order valence-corrected chi connectivity index (χ1v) is 7.59. The monoisotopic (exact) mass is 269 g/mol. The summed E-state index contributed by atoms with van der Waals surface area (Å²) in [5.74, 6) is 1.68. The molecule has 1 aromatic heterocycles. The van der Waals surface area contributed by atoms with E-state index in [1.165, 1.54) is 30.4 Å². The number of rotatable bonds is 4. The Labute approximate surface area is 121 Å². The van der Waals surface area contributed by atoms with E-state index in [4.69, 9.17) is 0 Å². The fraction of sp³-hybridized carbons (Fsp3) is 0.471. The number of hydrogen-bond donors (Lipinski definition) is 1. The number of nitrogens with one attached hydrogen (secondary N) is 1. The van der Waals surface area contributed by atoms with Crippen molar-refractivity contribution in [1.29, 1.82) is 0 Å². The van der Waals surface area contributed by atoms with Crippen molar-refractivity contribution in [3.8, 4) is 0 Å². The van der Waals surface area contributed by atoms with E-state index in [0.29, 0.717) is 12.0 Å². The number of aromatic nitrogens is 2. The van der Waals surface area contributed by atoms with Gasteiger partial charge in [-0.1, -0.05) is 31.2 Å². The molecular weight excluding hydrogens is 246 g/mol. The summed E-state index contributed by atoms with van der Waals surface area (Å²) < 4.78 is 2.14. The Kier molecular flexibility index (Phi) is 3.88. The first-order valence-electron chi connectivity index (χ1n) is 7.59. The molecule has 1 heterocycles. The van der Waals surface area contributed by atoms with Crippen LogP contribution in [-0.4, -0.2) is 16.1 Å². The lowest BCUT2D eigenvalue weighted by Crippen LogP contribution is -2.31. The first kappa shape index (κ1) is 13.4. The van der Waals surface area contributed by atoms with Crippen molar-refractivity contribution in [2.24, 2.45) is 7.05 Å². The Morgan fingerprint density at radius 2 is 2.25 bits per heavy atom. The molecule has 3 rings (SSSR count). The number of aryl methyl sites for hydroxylation is 2. The summed E-state index contributed by atoms with van der Waals surface area (Å²) in [6.45, 7) is 3.14. The zero-order valence-corrected chi connectivity index (χ0v) is 12.3. The molecule has 1 aromatic carbocycles. The molecule has 0 saturated heterocycles. The highest BCUT2D eigenvalue weighted by Gasteiger charge is 2.30. The van der Waals surface area contributed by atoms with E-state index in [1.54, 1.807) is 0 Å². The molecule has 0 amide bonds. The fourth-order valence-electron chi connectivity index (χ4n) is 3.45. The molecule has 106 valence electrons. The number of hydrogen-bond acceptors (Lipinski definition) is 2. The average Bonchev–Trinajstić information content (AvgIpc) is 2.90. The third-order valence-corrected chi connectivity index (χ3v) is 4.38. The number of benzene rings is 1. The molecule has 2 atom stereocenters. The van der Waals surface area contributed by atoms with Crippen LogP contribution in [0.4, 0.5) is 0 Å². The number of likely N-dealkylation sites (N-methyl/N-ethyl adjacent to an activating group) is 1. The molecule has 2 aromatic rings. The lowest BCUT2D eigenvalue weighted by Gasteiger charge is -2.32. The van der Waals surface area contributed by atoms with Gasteiger partial charge in [0, 0.05) is 25.4 Å². The number of fused-ring (bicyclic) bond motifs is 1. The number of nitrogens with zero attached hydrogens (tertiary/aromatic N) is 2. The lowest BCUT2D eigenvalue weighted by atomic mass is 9.78. The molecule has 3 nitrogen and oxygen atoms in total. The van der Waals surface area contributed by atoms with Crippen LogP contribution in [-0.2, 0) is 13.5 Å². The third kappa shape index (κ3) is 2.38. The van der Waals surface area contributed by atoms with Crippen molar-refractivity contribution in [3.05, 3.63) is 53.6 Å². The summed E-state index contributed by atoms with van der Waals surface area (Å²) in [7, 11) is 2.08. The van der Waals surface area contributed by atoms with Crippen LogP contribution in [0.3, 0.4) is 0 Å². The summed E-state index contributed by atoms with van der Waals surface area (Å²) in [6, 6.07) is 9.21. The summed E-state index contributed by atoms with van der Waals surface area (Å²) in [6.07, 6.45) is 7.66.